The van der Waals surface area contributed by atoms with Crippen molar-refractivity contribution >= 4 is 23.2 Å². The van der Waals surface area contributed by atoms with Crippen molar-refractivity contribution in [2.75, 3.05) is 7.11 Å². The zero-order valence-corrected chi connectivity index (χ0v) is 11.8. The molecule has 2 rings (SSSR count). The molecule has 4 heteroatoms. The third-order valence-electron chi connectivity index (χ3n) is 3.73. The quantitative estimate of drug-likeness (QED) is 0.809. The Labute approximate surface area is 117 Å². The van der Waals surface area contributed by atoms with Gasteiger partial charge in [0.1, 0.15) is 0 Å². The molecule has 1 aromatic rings. The molecule has 1 saturated carbocycles. The van der Waals surface area contributed by atoms with E-state index in [9.17, 15) is 5.26 Å². The number of nitrogens with zero attached hydrogens (tertiary/aromatic N) is 1. The van der Waals surface area contributed by atoms with E-state index in [1.807, 2.05) is 12.1 Å². The summed E-state index contributed by atoms with van der Waals surface area (Å²) in [5, 5.41) is 10.6. The predicted octanol–water partition coefficient (Wildman–Crippen LogP) is 4.34. The van der Waals surface area contributed by atoms with Gasteiger partial charge in [0, 0.05) is 7.11 Å². The molecule has 1 fully saturated rings. The summed E-state index contributed by atoms with van der Waals surface area (Å²) in [6, 6.07) is 7.93. The van der Waals surface area contributed by atoms with Crippen molar-refractivity contribution in [3.63, 3.8) is 0 Å². The lowest BCUT2D eigenvalue weighted by Gasteiger charge is -2.35. The summed E-state index contributed by atoms with van der Waals surface area (Å²) in [6.45, 7) is 0. The van der Waals surface area contributed by atoms with Crippen LogP contribution in [0.4, 0.5) is 0 Å². The highest BCUT2D eigenvalue weighted by atomic mass is 35.5. The topological polar surface area (TPSA) is 33.0 Å². The van der Waals surface area contributed by atoms with Crippen molar-refractivity contribution in [2.45, 2.75) is 37.2 Å². The molecule has 0 aromatic heterocycles. The zero-order valence-electron chi connectivity index (χ0n) is 10.2. The van der Waals surface area contributed by atoms with Gasteiger partial charge in [-0.25, -0.2) is 0 Å². The molecule has 1 aromatic carbocycles. The molecule has 96 valence electrons. The molecule has 0 amide bonds. The van der Waals surface area contributed by atoms with Gasteiger partial charge in [-0.1, -0.05) is 29.3 Å². The van der Waals surface area contributed by atoms with Crippen molar-refractivity contribution in [1.29, 1.82) is 5.26 Å². The monoisotopic (exact) mass is 283 g/mol. The molecule has 1 aliphatic carbocycles. The van der Waals surface area contributed by atoms with Crippen LogP contribution in [0, 0.1) is 11.3 Å². The van der Waals surface area contributed by atoms with Gasteiger partial charge in [-0.15, -0.1) is 0 Å². The fourth-order valence-corrected chi connectivity index (χ4v) is 2.95. The SMILES string of the molecule is COC1CCC[C@@](C#N)(c2ccc(Cl)c(Cl)c2)C1. The van der Waals surface area contributed by atoms with Crippen LogP contribution in [0.3, 0.4) is 0 Å². The Morgan fingerprint density at radius 2 is 2.17 bits per heavy atom. The van der Waals surface area contributed by atoms with Crippen LogP contribution in [0.15, 0.2) is 18.2 Å². The number of methoxy groups -OCH3 is 1. The van der Waals surface area contributed by atoms with Crippen LogP contribution in [-0.4, -0.2) is 13.2 Å². The van der Waals surface area contributed by atoms with Crippen LogP contribution < -0.4 is 0 Å². The Bertz CT molecular complexity index is 483. The number of halogens is 2. The maximum absolute atomic E-state index is 9.59. The smallest absolute Gasteiger partial charge is 0.0847 e. The first-order valence-electron chi connectivity index (χ1n) is 6.01. The molecule has 18 heavy (non-hydrogen) atoms. The lowest BCUT2D eigenvalue weighted by atomic mass is 9.69. The minimum absolute atomic E-state index is 0.146. The first-order valence-corrected chi connectivity index (χ1v) is 6.76. The van der Waals surface area contributed by atoms with Gasteiger partial charge < -0.3 is 4.74 Å². The van der Waals surface area contributed by atoms with E-state index in [0.29, 0.717) is 10.0 Å². The minimum atomic E-state index is -0.493. The van der Waals surface area contributed by atoms with Crippen LogP contribution in [0.2, 0.25) is 10.0 Å². The van der Waals surface area contributed by atoms with Gasteiger partial charge in [0.05, 0.1) is 27.6 Å². The summed E-state index contributed by atoms with van der Waals surface area (Å²) in [5.74, 6) is 0. The highest BCUT2D eigenvalue weighted by molar-refractivity contribution is 6.42. The Hall–Kier alpha value is -0.750. The Balaban J connectivity index is 2.37. The molecule has 0 radical (unpaired) electrons. The lowest BCUT2D eigenvalue weighted by Crippen LogP contribution is -2.34. The highest BCUT2D eigenvalue weighted by Gasteiger charge is 2.38. The van der Waals surface area contributed by atoms with E-state index >= 15 is 0 Å². The minimum Gasteiger partial charge on any atom is -0.381 e. The van der Waals surface area contributed by atoms with E-state index in [2.05, 4.69) is 6.07 Å². The summed E-state index contributed by atoms with van der Waals surface area (Å²) in [7, 11) is 1.70. The molecule has 0 saturated heterocycles. The van der Waals surface area contributed by atoms with E-state index in [-0.39, 0.29) is 6.10 Å². The molecular weight excluding hydrogens is 269 g/mol. The largest absolute Gasteiger partial charge is 0.381 e. The Morgan fingerprint density at radius 1 is 1.39 bits per heavy atom. The standard InChI is InChI=1S/C14H15Cl2NO/c1-18-11-3-2-6-14(8-11,9-17)10-4-5-12(15)13(16)7-10/h4-5,7,11H,2-3,6,8H2,1H3/t11?,14-/m1/s1. The fraction of sp³-hybridized carbons (Fsp3) is 0.500. The van der Waals surface area contributed by atoms with Crippen LogP contribution in [0.5, 0.6) is 0 Å². The third-order valence-corrected chi connectivity index (χ3v) is 4.46. The second-order valence-electron chi connectivity index (χ2n) is 4.78. The fourth-order valence-electron chi connectivity index (χ4n) is 2.65. The van der Waals surface area contributed by atoms with Crippen molar-refractivity contribution in [3.8, 4) is 6.07 Å². The summed E-state index contributed by atoms with van der Waals surface area (Å²) in [5.41, 5.74) is 0.453. The Kier molecular flexibility index (Phi) is 4.17. The van der Waals surface area contributed by atoms with E-state index in [4.69, 9.17) is 27.9 Å². The average Bonchev–Trinajstić information content (AvgIpc) is 2.41. The summed E-state index contributed by atoms with van der Waals surface area (Å²) in [6.07, 6.45) is 3.72. The van der Waals surface area contributed by atoms with Gasteiger partial charge in [-0.2, -0.15) is 5.26 Å². The molecular formula is C14H15Cl2NO. The number of hydrogen-bond donors (Lipinski definition) is 0. The number of benzene rings is 1. The first-order chi connectivity index (χ1) is 8.61. The van der Waals surface area contributed by atoms with Crippen LogP contribution in [-0.2, 0) is 10.2 Å². The van der Waals surface area contributed by atoms with Gasteiger partial charge >= 0.3 is 0 Å². The summed E-state index contributed by atoms with van der Waals surface area (Å²) < 4.78 is 5.41. The van der Waals surface area contributed by atoms with E-state index in [1.54, 1.807) is 13.2 Å². The molecule has 0 bridgehead atoms. The molecule has 0 spiro atoms. The molecule has 0 N–H and O–H groups in total. The number of hydrogen-bond acceptors (Lipinski definition) is 2. The second kappa shape index (κ2) is 5.48. The van der Waals surface area contributed by atoms with Gasteiger partial charge in [-0.05, 0) is 43.4 Å². The van der Waals surface area contributed by atoms with Gasteiger partial charge in [0.2, 0.25) is 0 Å². The number of nitriles is 1. The molecule has 2 nitrogen and oxygen atoms in total. The third kappa shape index (κ3) is 2.49. The lowest BCUT2D eigenvalue weighted by molar-refractivity contribution is 0.0515. The first kappa shape index (κ1) is 13.7. The Morgan fingerprint density at radius 3 is 2.78 bits per heavy atom. The number of rotatable bonds is 2. The van der Waals surface area contributed by atoms with E-state index in [1.165, 1.54) is 0 Å². The van der Waals surface area contributed by atoms with Crippen LogP contribution in [0.25, 0.3) is 0 Å². The van der Waals surface area contributed by atoms with Crippen LogP contribution >= 0.6 is 23.2 Å². The highest BCUT2D eigenvalue weighted by Crippen LogP contribution is 2.41. The van der Waals surface area contributed by atoms with Crippen molar-refractivity contribution in [3.05, 3.63) is 33.8 Å². The van der Waals surface area contributed by atoms with Crippen molar-refractivity contribution in [1.82, 2.24) is 0 Å². The van der Waals surface area contributed by atoms with E-state index in [0.717, 1.165) is 31.2 Å². The van der Waals surface area contributed by atoms with Gasteiger partial charge in [0.25, 0.3) is 0 Å². The summed E-state index contributed by atoms with van der Waals surface area (Å²) in [4.78, 5) is 0. The average molecular weight is 284 g/mol. The maximum atomic E-state index is 9.59. The number of ether oxygens (including phenoxy) is 1. The van der Waals surface area contributed by atoms with E-state index < -0.39 is 5.41 Å². The van der Waals surface area contributed by atoms with Crippen molar-refractivity contribution < 1.29 is 4.74 Å². The van der Waals surface area contributed by atoms with Crippen molar-refractivity contribution in [2.24, 2.45) is 0 Å². The maximum Gasteiger partial charge on any atom is 0.0847 e. The van der Waals surface area contributed by atoms with Crippen LogP contribution in [0.1, 0.15) is 31.2 Å². The van der Waals surface area contributed by atoms with Gasteiger partial charge in [0.15, 0.2) is 0 Å². The predicted molar refractivity (Wildman–Crippen MR) is 73.0 cm³/mol. The molecule has 0 heterocycles. The summed E-state index contributed by atoms with van der Waals surface area (Å²) >= 11 is 12.0. The molecule has 0 aliphatic heterocycles. The normalized spacial score (nSPS) is 27.8. The van der Waals surface area contributed by atoms with Gasteiger partial charge in [-0.3, -0.25) is 0 Å². The second-order valence-corrected chi connectivity index (χ2v) is 5.59. The molecule has 1 unspecified atom stereocenters. The molecule has 1 aliphatic rings. The zero-order chi connectivity index (χ0) is 13.2. The molecule has 2 atom stereocenters.